The van der Waals surface area contributed by atoms with E-state index in [0.29, 0.717) is 19.0 Å². The Bertz CT molecular complexity index is 867. The third-order valence-corrected chi connectivity index (χ3v) is 3.66. The Morgan fingerprint density at radius 3 is 2.48 bits per heavy atom. The van der Waals surface area contributed by atoms with Crippen molar-refractivity contribution in [1.29, 1.82) is 0 Å². The number of hydrogen-bond donors (Lipinski definition) is 0. The molecule has 1 aromatic carbocycles. The molecule has 8 heteroatoms. The number of ether oxygens (including phenoxy) is 1. The summed E-state index contributed by atoms with van der Waals surface area (Å²) in [5.41, 5.74) is -0.607. The van der Waals surface area contributed by atoms with Crippen LogP contribution in [0.4, 0.5) is 11.6 Å². The third kappa shape index (κ3) is 2.63. The molecule has 0 atom stereocenters. The van der Waals surface area contributed by atoms with Gasteiger partial charge in [0.1, 0.15) is 12.3 Å². The standard InChI is InChI=1S/C15H16N4O4/c1-10(20)9-19-14(22)13(21)18-8-7-17(15(18)16-19)11-3-5-12(23-2)6-4-11/h3-6H,7-9H2,1-2H3. The number of nitrogens with zero attached hydrogens (tertiary/aromatic N) is 4. The minimum Gasteiger partial charge on any atom is -0.497 e. The normalized spacial score (nSPS) is 13.0. The molecule has 0 unspecified atom stereocenters. The lowest BCUT2D eigenvalue weighted by Gasteiger charge is -2.18. The number of rotatable bonds is 4. The van der Waals surface area contributed by atoms with Crippen molar-refractivity contribution in [2.75, 3.05) is 18.6 Å². The van der Waals surface area contributed by atoms with E-state index < -0.39 is 11.1 Å². The fraction of sp³-hybridized carbons (Fsp3) is 0.333. The molecule has 1 aliphatic heterocycles. The average Bonchev–Trinajstić information content (AvgIpc) is 2.96. The quantitative estimate of drug-likeness (QED) is 0.747. The fourth-order valence-corrected chi connectivity index (χ4v) is 2.55. The number of hydrogen-bond acceptors (Lipinski definition) is 6. The highest BCUT2D eigenvalue weighted by molar-refractivity contribution is 5.75. The smallest absolute Gasteiger partial charge is 0.333 e. The number of methoxy groups -OCH3 is 1. The molecule has 2 heterocycles. The predicted molar refractivity (Wildman–Crippen MR) is 83.4 cm³/mol. The molecular weight excluding hydrogens is 300 g/mol. The predicted octanol–water partition coefficient (Wildman–Crippen LogP) is 0.154. The highest BCUT2D eigenvalue weighted by Crippen LogP contribution is 2.27. The van der Waals surface area contributed by atoms with Crippen LogP contribution >= 0.6 is 0 Å². The van der Waals surface area contributed by atoms with Crippen molar-refractivity contribution in [3.05, 3.63) is 45.0 Å². The summed E-state index contributed by atoms with van der Waals surface area (Å²) < 4.78 is 7.39. The van der Waals surface area contributed by atoms with Gasteiger partial charge in [0.15, 0.2) is 5.78 Å². The van der Waals surface area contributed by atoms with Crippen LogP contribution in [0.5, 0.6) is 5.75 Å². The summed E-state index contributed by atoms with van der Waals surface area (Å²) in [6.07, 6.45) is 0. The number of anilines is 2. The Hall–Kier alpha value is -2.90. The van der Waals surface area contributed by atoms with Gasteiger partial charge in [0.2, 0.25) is 5.95 Å². The Kier molecular flexibility index (Phi) is 3.73. The van der Waals surface area contributed by atoms with E-state index in [1.807, 2.05) is 29.2 Å². The van der Waals surface area contributed by atoms with E-state index in [4.69, 9.17) is 4.74 Å². The molecule has 8 nitrogen and oxygen atoms in total. The molecule has 0 amide bonds. The van der Waals surface area contributed by atoms with E-state index >= 15 is 0 Å². The van der Waals surface area contributed by atoms with Crippen molar-refractivity contribution in [3.8, 4) is 5.75 Å². The molecule has 0 radical (unpaired) electrons. The molecule has 1 aliphatic rings. The van der Waals surface area contributed by atoms with E-state index in [0.717, 1.165) is 16.1 Å². The molecule has 0 fully saturated rings. The van der Waals surface area contributed by atoms with Crippen molar-refractivity contribution in [2.45, 2.75) is 20.0 Å². The lowest BCUT2D eigenvalue weighted by atomic mass is 10.3. The van der Waals surface area contributed by atoms with Crippen molar-refractivity contribution < 1.29 is 9.53 Å². The summed E-state index contributed by atoms with van der Waals surface area (Å²) in [7, 11) is 1.59. The number of ketones is 1. The second-order valence-corrected chi connectivity index (χ2v) is 5.27. The number of aromatic nitrogens is 3. The number of benzene rings is 1. The van der Waals surface area contributed by atoms with Crippen LogP contribution in [0.15, 0.2) is 33.9 Å². The second-order valence-electron chi connectivity index (χ2n) is 5.27. The summed E-state index contributed by atoms with van der Waals surface area (Å²) in [5.74, 6) is 0.846. The minimum absolute atomic E-state index is 0.210. The maximum absolute atomic E-state index is 12.2. The summed E-state index contributed by atoms with van der Waals surface area (Å²) >= 11 is 0. The first-order chi connectivity index (χ1) is 11.0. The third-order valence-electron chi connectivity index (χ3n) is 3.66. The average molecular weight is 316 g/mol. The largest absolute Gasteiger partial charge is 0.497 e. The first-order valence-electron chi connectivity index (χ1n) is 7.14. The molecular formula is C15H16N4O4. The van der Waals surface area contributed by atoms with E-state index in [1.165, 1.54) is 11.5 Å². The molecule has 2 aromatic rings. The van der Waals surface area contributed by atoms with Crippen molar-refractivity contribution in [3.63, 3.8) is 0 Å². The van der Waals surface area contributed by atoms with Crippen LogP contribution in [0.1, 0.15) is 6.92 Å². The van der Waals surface area contributed by atoms with Crippen LogP contribution in [0.2, 0.25) is 0 Å². The molecule has 0 N–H and O–H groups in total. The number of fused-ring (bicyclic) bond motifs is 1. The molecule has 0 aliphatic carbocycles. The second kappa shape index (κ2) is 5.71. The topological polar surface area (TPSA) is 86.4 Å². The van der Waals surface area contributed by atoms with Gasteiger partial charge in [-0.05, 0) is 31.2 Å². The van der Waals surface area contributed by atoms with Crippen LogP contribution in [0.3, 0.4) is 0 Å². The first kappa shape index (κ1) is 15.0. The number of carbonyl (C=O) groups excluding carboxylic acids is 1. The molecule has 0 bridgehead atoms. The van der Waals surface area contributed by atoms with Gasteiger partial charge < -0.3 is 9.64 Å². The minimum atomic E-state index is -0.777. The van der Waals surface area contributed by atoms with Gasteiger partial charge >= 0.3 is 11.1 Å². The van der Waals surface area contributed by atoms with Crippen LogP contribution < -0.4 is 20.8 Å². The van der Waals surface area contributed by atoms with Crippen LogP contribution in [0.25, 0.3) is 0 Å². The highest BCUT2D eigenvalue weighted by atomic mass is 16.5. The van der Waals surface area contributed by atoms with Crippen LogP contribution in [-0.4, -0.2) is 33.8 Å². The summed E-state index contributed by atoms with van der Waals surface area (Å²) in [6, 6.07) is 7.31. The number of carbonyl (C=O) groups is 1. The zero-order valence-electron chi connectivity index (χ0n) is 12.9. The monoisotopic (exact) mass is 316 g/mol. The van der Waals surface area contributed by atoms with Gasteiger partial charge in [-0.25, -0.2) is 4.68 Å². The van der Waals surface area contributed by atoms with E-state index in [2.05, 4.69) is 5.10 Å². The lowest BCUT2D eigenvalue weighted by Crippen LogP contribution is -2.43. The molecule has 120 valence electrons. The van der Waals surface area contributed by atoms with Gasteiger partial charge in [0.25, 0.3) is 0 Å². The van der Waals surface area contributed by atoms with Gasteiger partial charge in [-0.2, -0.15) is 0 Å². The molecule has 0 spiro atoms. The SMILES string of the molecule is COc1ccc(N2CCn3c2nn(CC(C)=O)c(=O)c3=O)cc1. The summed E-state index contributed by atoms with van der Waals surface area (Å²) in [4.78, 5) is 37.2. The maximum Gasteiger partial charge on any atom is 0.333 e. The van der Waals surface area contributed by atoms with Gasteiger partial charge in [0, 0.05) is 18.8 Å². The van der Waals surface area contributed by atoms with E-state index in [9.17, 15) is 14.4 Å². The van der Waals surface area contributed by atoms with E-state index in [1.54, 1.807) is 7.11 Å². The molecule has 23 heavy (non-hydrogen) atoms. The Labute approximate surface area is 131 Å². The van der Waals surface area contributed by atoms with Crippen LogP contribution in [0, 0.1) is 0 Å². The van der Waals surface area contributed by atoms with Gasteiger partial charge in [-0.3, -0.25) is 19.0 Å². The van der Waals surface area contributed by atoms with Gasteiger partial charge in [-0.15, -0.1) is 5.10 Å². The van der Waals surface area contributed by atoms with Crippen molar-refractivity contribution in [1.82, 2.24) is 14.3 Å². The zero-order valence-corrected chi connectivity index (χ0v) is 12.9. The lowest BCUT2D eigenvalue weighted by molar-refractivity contribution is -0.117. The number of Topliss-reactive ketones (excluding diaryl/α,β-unsaturated/α-hetero) is 1. The van der Waals surface area contributed by atoms with Crippen molar-refractivity contribution >= 4 is 17.4 Å². The van der Waals surface area contributed by atoms with Crippen molar-refractivity contribution in [2.24, 2.45) is 0 Å². The summed E-state index contributed by atoms with van der Waals surface area (Å²) in [5, 5.41) is 4.20. The molecule has 0 saturated carbocycles. The summed E-state index contributed by atoms with van der Waals surface area (Å²) in [6.45, 7) is 2.04. The van der Waals surface area contributed by atoms with Crippen LogP contribution in [-0.2, 0) is 17.9 Å². The zero-order chi connectivity index (χ0) is 16.6. The Morgan fingerprint density at radius 1 is 1.17 bits per heavy atom. The van der Waals surface area contributed by atoms with Gasteiger partial charge in [-0.1, -0.05) is 0 Å². The maximum atomic E-state index is 12.2. The Morgan fingerprint density at radius 2 is 1.87 bits per heavy atom. The molecule has 3 rings (SSSR count). The van der Waals surface area contributed by atoms with Gasteiger partial charge in [0.05, 0.1) is 7.11 Å². The first-order valence-corrected chi connectivity index (χ1v) is 7.14. The molecule has 1 aromatic heterocycles. The Balaban J connectivity index is 2.07. The molecule has 0 saturated heterocycles. The fourth-order valence-electron chi connectivity index (χ4n) is 2.55. The van der Waals surface area contributed by atoms with E-state index in [-0.39, 0.29) is 12.3 Å². The highest BCUT2D eigenvalue weighted by Gasteiger charge is 2.26.